The van der Waals surface area contributed by atoms with Crippen LogP contribution in [0.25, 0.3) is 0 Å². The van der Waals surface area contributed by atoms with E-state index in [1.54, 1.807) is 7.11 Å². The molecule has 1 fully saturated rings. The summed E-state index contributed by atoms with van der Waals surface area (Å²) in [6, 6.07) is 8.67. The van der Waals surface area contributed by atoms with Crippen LogP contribution in [0.1, 0.15) is 11.6 Å². The lowest BCUT2D eigenvalue weighted by Gasteiger charge is -2.32. The van der Waals surface area contributed by atoms with Crippen molar-refractivity contribution < 1.29 is 14.3 Å². The van der Waals surface area contributed by atoms with Gasteiger partial charge in [-0.15, -0.1) is 0 Å². The van der Waals surface area contributed by atoms with E-state index < -0.39 is 6.04 Å². The van der Waals surface area contributed by atoms with Crippen molar-refractivity contribution in [2.45, 2.75) is 6.04 Å². The summed E-state index contributed by atoms with van der Waals surface area (Å²) in [6.07, 6.45) is 0. The number of benzene rings is 1. The Morgan fingerprint density at radius 2 is 2.06 bits per heavy atom. The summed E-state index contributed by atoms with van der Waals surface area (Å²) in [4.78, 5) is 25.4. The van der Waals surface area contributed by atoms with E-state index >= 15 is 0 Å². The zero-order valence-corrected chi connectivity index (χ0v) is 10.3. The van der Waals surface area contributed by atoms with Gasteiger partial charge in [-0.05, 0) is 5.56 Å². The van der Waals surface area contributed by atoms with Crippen LogP contribution in [0.4, 0.5) is 0 Å². The minimum atomic E-state index is -0.579. The fourth-order valence-corrected chi connectivity index (χ4v) is 1.96. The Labute approximate surface area is 106 Å². The smallest absolute Gasteiger partial charge is 0.250 e. The van der Waals surface area contributed by atoms with Crippen molar-refractivity contribution in [2.24, 2.45) is 0 Å². The Morgan fingerprint density at radius 3 is 2.72 bits per heavy atom. The summed E-state index contributed by atoms with van der Waals surface area (Å²) in [7, 11) is 1.57. The average Bonchev–Trinajstić information content (AvgIpc) is 2.40. The molecule has 0 aliphatic carbocycles. The first-order chi connectivity index (χ1) is 8.72. The number of piperazine rings is 1. The van der Waals surface area contributed by atoms with Crippen molar-refractivity contribution in [3.8, 4) is 0 Å². The molecule has 0 aromatic heterocycles. The van der Waals surface area contributed by atoms with Crippen LogP contribution in [0.5, 0.6) is 0 Å². The highest BCUT2D eigenvalue weighted by molar-refractivity contribution is 5.95. The highest BCUT2D eigenvalue weighted by Crippen LogP contribution is 2.18. The molecule has 18 heavy (non-hydrogen) atoms. The molecule has 1 aliphatic rings. The largest absolute Gasteiger partial charge is 0.383 e. The van der Waals surface area contributed by atoms with Crippen LogP contribution in [0, 0.1) is 0 Å². The van der Waals surface area contributed by atoms with Crippen LogP contribution in [-0.4, -0.2) is 43.5 Å². The van der Waals surface area contributed by atoms with Crippen molar-refractivity contribution >= 4 is 11.8 Å². The van der Waals surface area contributed by atoms with E-state index in [0.717, 1.165) is 5.56 Å². The van der Waals surface area contributed by atoms with Gasteiger partial charge in [0.15, 0.2) is 0 Å². The Hall–Kier alpha value is -1.88. The number of carbonyl (C=O) groups is 2. The van der Waals surface area contributed by atoms with E-state index in [1.165, 1.54) is 4.90 Å². The standard InChI is InChI=1S/C13H16N2O3/c1-18-8-7-15-9-11(16)14-12(13(15)17)10-5-3-2-4-6-10/h2-6,12H,7-9H2,1H3,(H,14,16). The molecule has 2 amide bonds. The summed E-state index contributed by atoms with van der Waals surface area (Å²) in [5, 5.41) is 2.72. The van der Waals surface area contributed by atoms with Crippen LogP contribution in [0.2, 0.25) is 0 Å². The minimum Gasteiger partial charge on any atom is -0.383 e. The van der Waals surface area contributed by atoms with Gasteiger partial charge in [0.25, 0.3) is 0 Å². The zero-order chi connectivity index (χ0) is 13.0. The normalized spacial score (nSPS) is 19.8. The number of methoxy groups -OCH3 is 1. The molecule has 0 radical (unpaired) electrons. The molecule has 2 rings (SSSR count). The number of nitrogens with one attached hydrogen (secondary N) is 1. The molecule has 0 bridgehead atoms. The third kappa shape index (κ3) is 2.68. The van der Waals surface area contributed by atoms with Crippen LogP contribution in [0.3, 0.4) is 0 Å². The molecule has 1 aliphatic heterocycles. The predicted molar refractivity (Wildman–Crippen MR) is 65.8 cm³/mol. The molecule has 1 saturated heterocycles. The first-order valence-corrected chi connectivity index (χ1v) is 5.84. The molecular formula is C13H16N2O3. The first kappa shape index (κ1) is 12.6. The average molecular weight is 248 g/mol. The molecule has 1 aromatic rings. The van der Waals surface area contributed by atoms with Gasteiger partial charge in [0.05, 0.1) is 13.2 Å². The van der Waals surface area contributed by atoms with E-state index in [4.69, 9.17) is 4.74 Å². The Kier molecular flexibility index (Phi) is 3.94. The molecule has 1 aromatic carbocycles. The van der Waals surface area contributed by atoms with Crippen molar-refractivity contribution in [2.75, 3.05) is 26.8 Å². The maximum Gasteiger partial charge on any atom is 0.250 e. The fraction of sp³-hybridized carbons (Fsp3) is 0.385. The lowest BCUT2D eigenvalue weighted by Crippen LogP contribution is -2.54. The van der Waals surface area contributed by atoms with Crippen LogP contribution in [-0.2, 0) is 14.3 Å². The van der Waals surface area contributed by atoms with E-state index in [9.17, 15) is 9.59 Å². The van der Waals surface area contributed by atoms with Crippen LogP contribution < -0.4 is 5.32 Å². The van der Waals surface area contributed by atoms with E-state index in [1.807, 2.05) is 30.3 Å². The molecule has 5 nitrogen and oxygen atoms in total. The third-order valence-corrected chi connectivity index (χ3v) is 2.90. The van der Waals surface area contributed by atoms with Gasteiger partial charge >= 0.3 is 0 Å². The Morgan fingerprint density at radius 1 is 1.33 bits per heavy atom. The van der Waals surface area contributed by atoms with Gasteiger partial charge in [-0.25, -0.2) is 0 Å². The van der Waals surface area contributed by atoms with Crippen LogP contribution in [0.15, 0.2) is 30.3 Å². The van der Waals surface area contributed by atoms with Gasteiger partial charge in [-0.3, -0.25) is 9.59 Å². The van der Waals surface area contributed by atoms with Gasteiger partial charge in [0.1, 0.15) is 6.04 Å². The van der Waals surface area contributed by atoms with Gasteiger partial charge in [0, 0.05) is 13.7 Å². The molecule has 1 N–H and O–H groups in total. The van der Waals surface area contributed by atoms with Gasteiger partial charge < -0.3 is 15.0 Å². The summed E-state index contributed by atoms with van der Waals surface area (Å²) >= 11 is 0. The second kappa shape index (κ2) is 5.64. The number of hydrogen-bond acceptors (Lipinski definition) is 3. The number of hydrogen-bond donors (Lipinski definition) is 1. The zero-order valence-electron chi connectivity index (χ0n) is 10.3. The van der Waals surface area contributed by atoms with Crippen molar-refractivity contribution in [3.63, 3.8) is 0 Å². The molecule has 1 unspecified atom stereocenters. The van der Waals surface area contributed by atoms with Crippen molar-refractivity contribution in [1.82, 2.24) is 10.2 Å². The van der Waals surface area contributed by atoms with Gasteiger partial charge in [-0.2, -0.15) is 0 Å². The van der Waals surface area contributed by atoms with E-state index in [2.05, 4.69) is 5.32 Å². The second-order valence-corrected chi connectivity index (χ2v) is 4.16. The summed E-state index contributed by atoms with van der Waals surface area (Å²) < 4.78 is 4.94. The van der Waals surface area contributed by atoms with Gasteiger partial charge in [0.2, 0.25) is 11.8 Å². The quantitative estimate of drug-likeness (QED) is 0.835. The maximum absolute atomic E-state index is 12.2. The lowest BCUT2D eigenvalue weighted by molar-refractivity contribution is -0.145. The highest BCUT2D eigenvalue weighted by Gasteiger charge is 2.33. The third-order valence-electron chi connectivity index (χ3n) is 2.90. The molecule has 1 heterocycles. The van der Waals surface area contributed by atoms with Crippen molar-refractivity contribution in [3.05, 3.63) is 35.9 Å². The Bertz CT molecular complexity index is 433. The first-order valence-electron chi connectivity index (χ1n) is 5.84. The highest BCUT2D eigenvalue weighted by atomic mass is 16.5. The maximum atomic E-state index is 12.2. The summed E-state index contributed by atoms with van der Waals surface area (Å²) in [6.45, 7) is 0.970. The lowest BCUT2D eigenvalue weighted by atomic mass is 10.0. The van der Waals surface area contributed by atoms with Crippen LogP contribution >= 0.6 is 0 Å². The molecule has 5 heteroatoms. The number of ether oxygens (including phenoxy) is 1. The van der Waals surface area contributed by atoms with Gasteiger partial charge in [-0.1, -0.05) is 30.3 Å². The molecule has 96 valence electrons. The number of rotatable bonds is 4. The molecule has 0 spiro atoms. The van der Waals surface area contributed by atoms with E-state index in [-0.39, 0.29) is 18.4 Å². The fourth-order valence-electron chi connectivity index (χ4n) is 1.96. The summed E-state index contributed by atoms with van der Waals surface area (Å²) in [5.74, 6) is -0.225. The monoisotopic (exact) mass is 248 g/mol. The second-order valence-electron chi connectivity index (χ2n) is 4.16. The Balaban J connectivity index is 2.15. The van der Waals surface area contributed by atoms with E-state index in [0.29, 0.717) is 13.2 Å². The SMILES string of the molecule is COCCN1CC(=O)NC(c2ccccc2)C1=O. The number of amides is 2. The number of nitrogens with zero attached hydrogens (tertiary/aromatic N) is 1. The molecule has 1 atom stereocenters. The predicted octanol–water partition coefficient (Wildman–Crippen LogP) is 0.332. The number of carbonyl (C=O) groups excluding carboxylic acids is 2. The summed E-state index contributed by atoms with van der Waals surface area (Å²) in [5.41, 5.74) is 0.804. The topological polar surface area (TPSA) is 58.6 Å². The molecular weight excluding hydrogens is 232 g/mol. The van der Waals surface area contributed by atoms with Crippen molar-refractivity contribution in [1.29, 1.82) is 0 Å². The minimum absolute atomic E-state index is 0.0853. The molecule has 0 saturated carbocycles.